The summed E-state index contributed by atoms with van der Waals surface area (Å²) >= 11 is 0. The van der Waals surface area contributed by atoms with Gasteiger partial charge in [0, 0.05) is 0 Å². The van der Waals surface area contributed by atoms with Crippen LogP contribution in [-0.4, -0.2) is 17.2 Å². The molecule has 0 aromatic heterocycles. The molecule has 0 aliphatic heterocycles. The van der Waals surface area contributed by atoms with Crippen LogP contribution in [0.25, 0.3) is 0 Å². The van der Waals surface area contributed by atoms with E-state index in [4.69, 9.17) is 9.84 Å². The molecule has 0 saturated carbocycles. The number of carboxylic acids is 1. The van der Waals surface area contributed by atoms with Crippen LogP contribution in [0.1, 0.15) is 33.3 Å². The van der Waals surface area contributed by atoms with Crippen molar-refractivity contribution in [3.8, 4) is 5.75 Å². The first-order chi connectivity index (χ1) is 7.32. The Bertz CT molecular complexity index is 377. The zero-order chi connectivity index (χ0) is 12.3. The van der Waals surface area contributed by atoms with Crippen LogP contribution in [0, 0.1) is 0 Å². The number of para-hydroxylation sites is 1. The van der Waals surface area contributed by atoms with E-state index in [1.807, 2.05) is 18.2 Å². The molecule has 1 rings (SSSR count). The summed E-state index contributed by atoms with van der Waals surface area (Å²) in [5, 5.41) is 8.81. The summed E-state index contributed by atoms with van der Waals surface area (Å²) in [6.45, 7) is 7.74. The zero-order valence-corrected chi connectivity index (χ0v) is 10.2. The first-order valence-corrected chi connectivity index (χ1v) is 5.31. The highest BCUT2D eigenvalue weighted by Crippen LogP contribution is 2.31. The Kier molecular flexibility index (Phi) is 3.58. The highest BCUT2D eigenvalue weighted by molar-refractivity contribution is 5.72. The van der Waals surface area contributed by atoms with Gasteiger partial charge in [0.2, 0.25) is 0 Å². The molecule has 1 aromatic rings. The van der Waals surface area contributed by atoms with E-state index in [9.17, 15) is 4.79 Å². The van der Waals surface area contributed by atoms with E-state index >= 15 is 0 Å². The van der Waals surface area contributed by atoms with E-state index in [2.05, 4.69) is 20.8 Å². The second kappa shape index (κ2) is 4.56. The molecule has 0 fully saturated rings. The highest BCUT2D eigenvalue weighted by atomic mass is 16.5. The smallest absolute Gasteiger partial charge is 0.344 e. The molecule has 0 aliphatic rings. The van der Waals surface area contributed by atoms with Gasteiger partial charge in [-0.2, -0.15) is 0 Å². The van der Waals surface area contributed by atoms with Crippen LogP contribution in [0.2, 0.25) is 0 Å². The normalized spacial score (nSPS) is 13.2. The number of ether oxygens (including phenoxy) is 1. The Labute approximate surface area is 96.1 Å². The number of aliphatic carboxylic acids is 1. The molecule has 1 aromatic carbocycles. The molecule has 0 amide bonds. The fraction of sp³-hybridized carbons (Fsp3) is 0.462. The van der Waals surface area contributed by atoms with Crippen molar-refractivity contribution in [3.63, 3.8) is 0 Å². The minimum atomic E-state index is -0.955. The third-order valence-electron chi connectivity index (χ3n) is 2.35. The van der Waals surface area contributed by atoms with Gasteiger partial charge in [-0.15, -0.1) is 0 Å². The predicted molar refractivity (Wildman–Crippen MR) is 62.9 cm³/mol. The van der Waals surface area contributed by atoms with E-state index in [0.717, 1.165) is 5.56 Å². The molecule has 0 heterocycles. The van der Waals surface area contributed by atoms with Crippen molar-refractivity contribution in [2.45, 2.75) is 39.2 Å². The number of carboxylic acid groups (broad SMARTS) is 1. The molecule has 16 heavy (non-hydrogen) atoms. The lowest BCUT2D eigenvalue weighted by atomic mass is 9.86. The number of hydrogen-bond acceptors (Lipinski definition) is 2. The van der Waals surface area contributed by atoms with Crippen molar-refractivity contribution < 1.29 is 14.6 Å². The van der Waals surface area contributed by atoms with E-state index in [0.29, 0.717) is 5.75 Å². The maximum atomic E-state index is 10.7. The van der Waals surface area contributed by atoms with Crippen LogP contribution in [0.15, 0.2) is 24.3 Å². The van der Waals surface area contributed by atoms with Crippen LogP contribution in [0.5, 0.6) is 5.75 Å². The van der Waals surface area contributed by atoms with Gasteiger partial charge in [-0.25, -0.2) is 4.79 Å². The van der Waals surface area contributed by atoms with Crippen molar-refractivity contribution in [3.05, 3.63) is 29.8 Å². The molecule has 0 bridgehead atoms. The number of rotatable bonds is 3. The van der Waals surface area contributed by atoms with Gasteiger partial charge >= 0.3 is 5.97 Å². The second-order valence-electron chi connectivity index (χ2n) is 4.84. The van der Waals surface area contributed by atoms with Gasteiger partial charge in [-0.3, -0.25) is 0 Å². The van der Waals surface area contributed by atoms with Gasteiger partial charge in [-0.05, 0) is 24.0 Å². The monoisotopic (exact) mass is 222 g/mol. The topological polar surface area (TPSA) is 46.5 Å². The molecule has 0 aliphatic carbocycles. The van der Waals surface area contributed by atoms with Crippen LogP contribution in [-0.2, 0) is 10.2 Å². The Hall–Kier alpha value is -1.51. The summed E-state index contributed by atoms with van der Waals surface area (Å²) in [6.07, 6.45) is -0.830. The molecule has 1 atom stereocenters. The molecule has 0 saturated heterocycles. The van der Waals surface area contributed by atoms with Gasteiger partial charge in [0.1, 0.15) is 5.75 Å². The third kappa shape index (κ3) is 2.99. The Morgan fingerprint density at radius 1 is 1.31 bits per heavy atom. The van der Waals surface area contributed by atoms with Gasteiger partial charge in [-0.1, -0.05) is 39.0 Å². The SMILES string of the molecule is CC(Oc1ccccc1C(C)(C)C)C(=O)O. The lowest BCUT2D eigenvalue weighted by molar-refractivity contribution is -0.144. The summed E-state index contributed by atoms with van der Waals surface area (Å²) in [6, 6.07) is 7.54. The van der Waals surface area contributed by atoms with Crippen molar-refractivity contribution in [2.24, 2.45) is 0 Å². The van der Waals surface area contributed by atoms with Crippen molar-refractivity contribution in [1.82, 2.24) is 0 Å². The van der Waals surface area contributed by atoms with Crippen LogP contribution in [0.4, 0.5) is 0 Å². The average Bonchev–Trinajstić information content (AvgIpc) is 2.16. The number of carbonyl (C=O) groups is 1. The van der Waals surface area contributed by atoms with Crippen LogP contribution < -0.4 is 4.74 Å². The lowest BCUT2D eigenvalue weighted by Gasteiger charge is -2.23. The van der Waals surface area contributed by atoms with E-state index in [-0.39, 0.29) is 5.41 Å². The zero-order valence-electron chi connectivity index (χ0n) is 10.2. The maximum absolute atomic E-state index is 10.7. The van der Waals surface area contributed by atoms with Gasteiger partial charge < -0.3 is 9.84 Å². The Morgan fingerprint density at radius 3 is 2.38 bits per heavy atom. The first kappa shape index (κ1) is 12.6. The third-order valence-corrected chi connectivity index (χ3v) is 2.35. The average molecular weight is 222 g/mol. The predicted octanol–water partition coefficient (Wildman–Crippen LogP) is 2.84. The van der Waals surface area contributed by atoms with Crippen LogP contribution >= 0.6 is 0 Å². The number of hydrogen-bond donors (Lipinski definition) is 1. The minimum absolute atomic E-state index is 0.0607. The fourth-order valence-electron chi connectivity index (χ4n) is 1.43. The molecular weight excluding hydrogens is 204 g/mol. The lowest BCUT2D eigenvalue weighted by Crippen LogP contribution is -2.24. The quantitative estimate of drug-likeness (QED) is 0.855. The standard InChI is InChI=1S/C13H18O3/c1-9(12(14)15)16-11-8-6-5-7-10(11)13(2,3)4/h5-9H,1-4H3,(H,14,15). The molecule has 3 heteroatoms. The maximum Gasteiger partial charge on any atom is 0.344 e. The minimum Gasteiger partial charge on any atom is -0.479 e. The van der Waals surface area contributed by atoms with E-state index in [1.54, 1.807) is 6.07 Å². The Balaban J connectivity index is 3.01. The fourth-order valence-corrected chi connectivity index (χ4v) is 1.43. The molecule has 1 N–H and O–H groups in total. The summed E-state index contributed by atoms with van der Waals surface area (Å²) in [5.74, 6) is -0.311. The summed E-state index contributed by atoms with van der Waals surface area (Å²) < 4.78 is 5.43. The van der Waals surface area contributed by atoms with Crippen molar-refractivity contribution >= 4 is 5.97 Å². The molecular formula is C13H18O3. The van der Waals surface area contributed by atoms with Gasteiger partial charge in [0.15, 0.2) is 6.10 Å². The molecule has 0 radical (unpaired) electrons. The molecule has 88 valence electrons. The first-order valence-electron chi connectivity index (χ1n) is 5.31. The van der Waals surface area contributed by atoms with Crippen LogP contribution in [0.3, 0.4) is 0 Å². The second-order valence-corrected chi connectivity index (χ2v) is 4.84. The van der Waals surface area contributed by atoms with Crippen molar-refractivity contribution in [2.75, 3.05) is 0 Å². The highest BCUT2D eigenvalue weighted by Gasteiger charge is 2.21. The van der Waals surface area contributed by atoms with E-state index in [1.165, 1.54) is 6.92 Å². The summed E-state index contributed by atoms with van der Waals surface area (Å²) in [4.78, 5) is 10.7. The van der Waals surface area contributed by atoms with Crippen molar-refractivity contribution in [1.29, 1.82) is 0 Å². The summed E-state index contributed by atoms with van der Waals surface area (Å²) in [7, 11) is 0. The molecule has 0 spiro atoms. The van der Waals surface area contributed by atoms with Gasteiger partial charge in [0.25, 0.3) is 0 Å². The summed E-state index contributed by atoms with van der Waals surface area (Å²) in [5.41, 5.74) is 0.956. The van der Waals surface area contributed by atoms with Gasteiger partial charge in [0.05, 0.1) is 0 Å². The largest absolute Gasteiger partial charge is 0.479 e. The Morgan fingerprint density at radius 2 is 1.88 bits per heavy atom. The number of benzene rings is 1. The molecule has 3 nitrogen and oxygen atoms in total. The molecule has 1 unspecified atom stereocenters. The van der Waals surface area contributed by atoms with E-state index < -0.39 is 12.1 Å².